The van der Waals surface area contributed by atoms with Crippen molar-refractivity contribution in [3.63, 3.8) is 0 Å². The molecule has 90 valence electrons. The van der Waals surface area contributed by atoms with Crippen LogP contribution in [-0.4, -0.2) is 34.3 Å². The van der Waals surface area contributed by atoms with E-state index in [0.717, 1.165) is 5.82 Å². The summed E-state index contributed by atoms with van der Waals surface area (Å²) in [5, 5.41) is 10.3. The zero-order chi connectivity index (χ0) is 12.4. The van der Waals surface area contributed by atoms with Gasteiger partial charge in [-0.05, 0) is 0 Å². The molecule has 0 saturated carbocycles. The smallest absolute Gasteiger partial charge is 0.222 e. The lowest BCUT2D eigenvalue weighted by atomic mass is 10.5. The molecule has 0 atom stereocenters. The molecule has 2 aromatic heterocycles. The molecule has 0 radical (unpaired) electrons. The second kappa shape index (κ2) is 4.46. The van der Waals surface area contributed by atoms with Crippen LogP contribution in [0, 0.1) is 0 Å². The van der Waals surface area contributed by atoms with E-state index in [1.807, 2.05) is 25.1 Å². The Balaban J connectivity index is 2.22. The Labute approximate surface area is 103 Å². The highest BCUT2D eigenvalue weighted by Gasteiger charge is 2.07. The molecule has 0 aromatic carbocycles. The molecule has 2 aromatic rings. The molecule has 0 aliphatic rings. The average molecular weight is 254 g/mol. The molecule has 2 heterocycles. The summed E-state index contributed by atoms with van der Waals surface area (Å²) in [4.78, 5) is 9.63. The number of nitrogens with zero attached hydrogens (tertiary/aromatic N) is 4. The molecule has 4 N–H and O–H groups in total. The third-order valence-corrected chi connectivity index (χ3v) is 2.31. The van der Waals surface area contributed by atoms with E-state index in [4.69, 9.17) is 17.3 Å². The number of H-pyrrole nitrogens is 1. The van der Waals surface area contributed by atoms with Gasteiger partial charge in [0.1, 0.15) is 10.8 Å². The monoisotopic (exact) mass is 253 g/mol. The van der Waals surface area contributed by atoms with Gasteiger partial charge in [0.25, 0.3) is 0 Å². The molecule has 0 amide bonds. The van der Waals surface area contributed by atoms with Crippen LogP contribution >= 0.6 is 11.6 Å². The number of rotatable bonds is 3. The van der Waals surface area contributed by atoms with Gasteiger partial charge in [0, 0.05) is 20.2 Å². The predicted molar refractivity (Wildman–Crippen MR) is 67.7 cm³/mol. The minimum absolute atomic E-state index is 0.157. The Morgan fingerprint density at radius 3 is 2.88 bits per heavy atom. The largest absolute Gasteiger partial charge is 0.368 e. The lowest BCUT2D eigenvalue weighted by Crippen LogP contribution is -2.08. The topological polar surface area (TPSA) is 95.7 Å². The van der Waals surface area contributed by atoms with E-state index in [0.29, 0.717) is 16.7 Å². The van der Waals surface area contributed by atoms with Crippen LogP contribution in [0.25, 0.3) is 0 Å². The van der Waals surface area contributed by atoms with Gasteiger partial charge in [-0.3, -0.25) is 5.10 Å². The molecule has 0 unspecified atom stereocenters. The Morgan fingerprint density at radius 1 is 1.47 bits per heavy atom. The second-order valence-electron chi connectivity index (χ2n) is 3.58. The SMILES string of the molecule is CN(C)c1cc(Nc2nc(N)ncc2Cl)[nH]n1. The minimum Gasteiger partial charge on any atom is -0.368 e. The van der Waals surface area contributed by atoms with Crippen LogP contribution in [-0.2, 0) is 0 Å². The van der Waals surface area contributed by atoms with E-state index in [9.17, 15) is 0 Å². The van der Waals surface area contributed by atoms with Crippen molar-refractivity contribution in [2.75, 3.05) is 30.0 Å². The van der Waals surface area contributed by atoms with Gasteiger partial charge >= 0.3 is 0 Å². The van der Waals surface area contributed by atoms with Crippen molar-refractivity contribution in [1.29, 1.82) is 0 Å². The predicted octanol–water partition coefficient (Wildman–Crippen LogP) is 1.24. The molecule has 0 spiro atoms. The number of nitrogens with two attached hydrogens (primary N) is 1. The van der Waals surface area contributed by atoms with Crippen LogP contribution in [0.1, 0.15) is 0 Å². The fourth-order valence-corrected chi connectivity index (χ4v) is 1.34. The highest BCUT2D eigenvalue weighted by molar-refractivity contribution is 6.32. The lowest BCUT2D eigenvalue weighted by Gasteiger charge is -2.06. The third kappa shape index (κ3) is 2.56. The first-order valence-electron chi connectivity index (χ1n) is 4.84. The number of halogens is 1. The first-order chi connectivity index (χ1) is 8.06. The van der Waals surface area contributed by atoms with Gasteiger partial charge in [0.05, 0.1) is 6.20 Å². The molecule has 0 aliphatic heterocycles. The normalized spacial score (nSPS) is 10.3. The van der Waals surface area contributed by atoms with Gasteiger partial charge in [0.15, 0.2) is 11.6 Å². The fraction of sp³-hybridized carbons (Fsp3) is 0.222. The standard InChI is InChI=1S/C9H12ClN7/c1-17(2)7-3-6(15-16-7)13-8-5(10)4-12-9(11)14-8/h3-4H,1-2H3,(H4,11,12,13,14,15,16). The summed E-state index contributed by atoms with van der Waals surface area (Å²) < 4.78 is 0. The van der Waals surface area contributed by atoms with Crippen molar-refractivity contribution in [1.82, 2.24) is 20.2 Å². The maximum atomic E-state index is 5.93. The molecular weight excluding hydrogens is 242 g/mol. The number of aromatic amines is 1. The number of hydrogen-bond acceptors (Lipinski definition) is 6. The van der Waals surface area contributed by atoms with E-state index in [2.05, 4.69) is 25.5 Å². The molecule has 0 aliphatic carbocycles. The number of hydrogen-bond donors (Lipinski definition) is 3. The Bertz CT molecular complexity index is 522. The molecule has 7 nitrogen and oxygen atoms in total. The Kier molecular flexibility index (Phi) is 3.01. The second-order valence-corrected chi connectivity index (χ2v) is 3.99. The highest BCUT2D eigenvalue weighted by Crippen LogP contribution is 2.23. The van der Waals surface area contributed by atoms with Crippen LogP contribution in [0.4, 0.5) is 23.4 Å². The maximum absolute atomic E-state index is 5.93. The average Bonchev–Trinajstić information content (AvgIpc) is 2.72. The quantitative estimate of drug-likeness (QED) is 0.762. The third-order valence-electron chi connectivity index (χ3n) is 2.04. The first-order valence-corrected chi connectivity index (χ1v) is 5.22. The van der Waals surface area contributed by atoms with Crippen molar-refractivity contribution >= 4 is 35.0 Å². The summed E-state index contributed by atoms with van der Waals surface area (Å²) in [6.45, 7) is 0. The molecule has 17 heavy (non-hydrogen) atoms. The molecular formula is C9H12ClN7. The van der Waals surface area contributed by atoms with Crippen LogP contribution in [0.2, 0.25) is 5.02 Å². The maximum Gasteiger partial charge on any atom is 0.222 e. The summed E-state index contributed by atoms with van der Waals surface area (Å²) in [5.41, 5.74) is 5.48. The summed E-state index contributed by atoms with van der Waals surface area (Å²) in [5.74, 6) is 2.07. The Hall–Kier alpha value is -2.02. The molecule has 2 rings (SSSR count). The number of aromatic nitrogens is 4. The van der Waals surface area contributed by atoms with Gasteiger partial charge in [-0.15, -0.1) is 0 Å². The van der Waals surface area contributed by atoms with Gasteiger partial charge in [0.2, 0.25) is 5.95 Å². The summed E-state index contributed by atoms with van der Waals surface area (Å²) in [7, 11) is 3.80. The molecule has 0 saturated heterocycles. The zero-order valence-electron chi connectivity index (χ0n) is 9.40. The van der Waals surface area contributed by atoms with Crippen LogP contribution < -0.4 is 16.0 Å². The van der Waals surface area contributed by atoms with Gasteiger partial charge in [-0.2, -0.15) is 10.1 Å². The van der Waals surface area contributed by atoms with Crippen LogP contribution in [0.5, 0.6) is 0 Å². The van der Waals surface area contributed by atoms with E-state index in [-0.39, 0.29) is 5.95 Å². The van der Waals surface area contributed by atoms with E-state index in [1.54, 1.807) is 0 Å². The minimum atomic E-state index is 0.157. The van der Waals surface area contributed by atoms with Crippen molar-refractivity contribution in [2.45, 2.75) is 0 Å². The molecule has 0 fully saturated rings. The number of nitrogen functional groups attached to an aromatic ring is 1. The molecule has 8 heteroatoms. The summed E-state index contributed by atoms with van der Waals surface area (Å²) in [6.07, 6.45) is 1.44. The number of nitrogens with one attached hydrogen (secondary N) is 2. The summed E-state index contributed by atoms with van der Waals surface area (Å²) >= 11 is 5.93. The first kappa shape index (κ1) is 11.5. The van der Waals surface area contributed by atoms with Crippen molar-refractivity contribution < 1.29 is 0 Å². The van der Waals surface area contributed by atoms with E-state index >= 15 is 0 Å². The lowest BCUT2D eigenvalue weighted by molar-refractivity contribution is 1.01. The Morgan fingerprint density at radius 2 is 2.24 bits per heavy atom. The zero-order valence-corrected chi connectivity index (χ0v) is 10.2. The highest BCUT2D eigenvalue weighted by atomic mass is 35.5. The van der Waals surface area contributed by atoms with Crippen LogP contribution in [0.3, 0.4) is 0 Å². The number of anilines is 4. The van der Waals surface area contributed by atoms with Crippen molar-refractivity contribution in [2.24, 2.45) is 0 Å². The molecule has 0 bridgehead atoms. The van der Waals surface area contributed by atoms with Crippen molar-refractivity contribution in [3.05, 3.63) is 17.3 Å². The van der Waals surface area contributed by atoms with Gasteiger partial charge in [-0.1, -0.05) is 11.6 Å². The van der Waals surface area contributed by atoms with E-state index < -0.39 is 0 Å². The van der Waals surface area contributed by atoms with Gasteiger partial charge < -0.3 is 16.0 Å². The summed E-state index contributed by atoms with van der Waals surface area (Å²) in [6, 6.07) is 1.83. The fourth-order valence-electron chi connectivity index (χ4n) is 1.20. The van der Waals surface area contributed by atoms with Gasteiger partial charge in [-0.25, -0.2) is 4.98 Å². The van der Waals surface area contributed by atoms with Crippen LogP contribution in [0.15, 0.2) is 12.3 Å². The van der Waals surface area contributed by atoms with Crippen molar-refractivity contribution in [3.8, 4) is 0 Å². The van der Waals surface area contributed by atoms with E-state index in [1.165, 1.54) is 6.20 Å².